The van der Waals surface area contributed by atoms with Crippen LogP contribution in [-0.4, -0.2) is 47.1 Å². The molecule has 1 saturated heterocycles. The number of ether oxygens (including phenoxy) is 1. The predicted octanol–water partition coefficient (Wildman–Crippen LogP) is 2.64. The maximum Gasteiger partial charge on any atom is 0.410 e. The van der Waals surface area contributed by atoms with E-state index in [-0.39, 0.29) is 18.5 Å². The van der Waals surface area contributed by atoms with Crippen LogP contribution in [0.3, 0.4) is 0 Å². The molecule has 0 N–H and O–H groups in total. The van der Waals surface area contributed by atoms with Gasteiger partial charge in [0.25, 0.3) is 0 Å². The van der Waals surface area contributed by atoms with E-state index in [1.807, 2.05) is 42.2 Å². The first-order valence-corrected chi connectivity index (χ1v) is 8.39. The smallest absolute Gasteiger partial charge is 0.410 e. The predicted molar refractivity (Wildman–Crippen MR) is 91.8 cm³/mol. The molecule has 0 spiro atoms. The Bertz CT molecular complexity index is 718. The maximum atomic E-state index is 14.3. The zero-order valence-electron chi connectivity index (χ0n) is 14.2. The average molecular weight is 344 g/mol. The molecule has 1 aliphatic rings. The van der Waals surface area contributed by atoms with Crippen LogP contribution in [0.2, 0.25) is 0 Å². The molecule has 1 fully saturated rings. The summed E-state index contributed by atoms with van der Waals surface area (Å²) in [4.78, 5) is 23.7. The summed E-state index contributed by atoms with van der Waals surface area (Å²) in [6.07, 6.45) is 1.56. The Morgan fingerprint density at radius 3 is 2.56 bits per heavy atom. The van der Waals surface area contributed by atoms with Crippen LogP contribution in [-0.2, 0) is 17.8 Å². The van der Waals surface area contributed by atoms with Gasteiger partial charge in [-0.25, -0.2) is 19.2 Å². The number of aromatic nitrogens is 2. The van der Waals surface area contributed by atoms with Crippen molar-refractivity contribution >= 4 is 11.9 Å². The minimum absolute atomic E-state index is 0.250. The quantitative estimate of drug-likeness (QED) is 0.853. The van der Waals surface area contributed by atoms with Crippen LogP contribution in [0, 0.1) is 5.82 Å². The molecule has 132 valence electrons. The highest BCUT2D eigenvalue weighted by Gasteiger charge is 2.25. The van der Waals surface area contributed by atoms with Gasteiger partial charge in [0.15, 0.2) is 11.6 Å². The van der Waals surface area contributed by atoms with Crippen LogP contribution >= 0.6 is 0 Å². The van der Waals surface area contributed by atoms with E-state index in [2.05, 4.69) is 9.97 Å². The number of halogens is 1. The highest BCUT2D eigenvalue weighted by Crippen LogP contribution is 2.20. The molecule has 0 bridgehead atoms. The summed E-state index contributed by atoms with van der Waals surface area (Å²) in [5.41, 5.74) is 1.36. The molecule has 6 nitrogen and oxygen atoms in total. The maximum absolute atomic E-state index is 14.3. The second kappa shape index (κ2) is 7.92. The molecular weight excluding hydrogens is 323 g/mol. The number of rotatable bonds is 4. The van der Waals surface area contributed by atoms with Gasteiger partial charge in [0, 0.05) is 26.2 Å². The van der Waals surface area contributed by atoms with Gasteiger partial charge in [0.2, 0.25) is 0 Å². The summed E-state index contributed by atoms with van der Waals surface area (Å²) in [7, 11) is 0. The number of amides is 1. The van der Waals surface area contributed by atoms with Gasteiger partial charge in [0.1, 0.15) is 12.9 Å². The van der Waals surface area contributed by atoms with Crippen molar-refractivity contribution in [1.29, 1.82) is 0 Å². The summed E-state index contributed by atoms with van der Waals surface area (Å²) in [6.45, 7) is 4.07. The van der Waals surface area contributed by atoms with Crippen molar-refractivity contribution in [3.63, 3.8) is 0 Å². The molecule has 1 aromatic heterocycles. The van der Waals surface area contributed by atoms with Gasteiger partial charge >= 0.3 is 6.09 Å². The topological polar surface area (TPSA) is 58.6 Å². The van der Waals surface area contributed by atoms with Crippen LogP contribution in [0.15, 0.2) is 36.7 Å². The van der Waals surface area contributed by atoms with Gasteiger partial charge in [0.05, 0.1) is 5.69 Å². The summed E-state index contributed by atoms with van der Waals surface area (Å²) in [6, 6.07) is 9.55. The lowest BCUT2D eigenvalue weighted by Gasteiger charge is -2.34. The first kappa shape index (κ1) is 17.1. The highest BCUT2D eigenvalue weighted by atomic mass is 19.1. The highest BCUT2D eigenvalue weighted by molar-refractivity contribution is 5.68. The number of benzene rings is 1. The van der Waals surface area contributed by atoms with Crippen LogP contribution in [0.5, 0.6) is 0 Å². The van der Waals surface area contributed by atoms with Crippen molar-refractivity contribution in [2.75, 3.05) is 31.1 Å². The molecule has 0 unspecified atom stereocenters. The molecular formula is C18H21FN4O2. The van der Waals surface area contributed by atoms with Crippen LogP contribution in [0.1, 0.15) is 18.2 Å². The fraction of sp³-hybridized carbons (Fsp3) is 0.389. The van der Waals surface area contributed by atoms with E-state index in [9.17, 15) is 9.18 Å². The van der Waals surface area contributed by atoms with Crippen molar-refractivity contribution in [3.8, 4) is 0 Å². The number of piperazine rings is 1. The summed E-state index contributed by atoms with van der Waals surface area (Å²) in [5, 5.41) is 0. The van der Waals surface area contributed by atoms with E-state index in [4.69, 9.17) is 4.74 Å². The van der Waals surface area contributed by atoms with Gasteiger partial charge in [-0.2, -0.15) is 0 Å². The van der Waals surface area contributed by atoms with E-state index in [1.54, 1.807) is 4.90 Å². The Balaban J connectivity index is 1.54. The van der Waals surface area contributed by atoms with Gasteiger partial charge in [-0.3, -0.25) is 0 Å². The van der Waals surface area contributed by atoms with E-state index < -0.39 is 0 Å². The minimum Gasteiger partial charge on any atom is -0.445 e. The Kier molecular flexibility index (Phi) is 5.42. The summed E-state index contributed by atoms with van der Waals surface area (Å²) < 4.78 is 19.7. The lowest BCUT2D eigenvalue weighted by Crippen LogP contribution is -2.49. The molecule has 2 heterocycles. The number of nitrogens with zero attached hydrogens (tertiary/aromatic N) is 4. The van der Waals surface area contributed by atoms with Gasteiger partial charge in [-0.1, -0.05) is 37.3 Å². The molecule has 0 saturated carbocycles. The Hall–Kier alpha value is -2.70. The molecule has 2 aromatic rings. The third kappa shape index (κ3) is 4.04. The van der Waals surface area contributed by atoms with E-state index in [1.165, 1.54) is 6.33 Å². The number of aryl methyl sites for hydroxylation is 1. The van der Waals surface area contributed by atoms with Crippen LogP contribution < -0.4 is 4.90 Å². The lowest BCUT2D eigenvalue weighted by molar-refractivity contribution is 0.0941. The third-order valence-electron chi connectivity index (χ3n) is 4.22. The zero-order valence-corrected chi connectivity index (χ0v) is 14.2. The largest absolute Gasteiger partial charge is 0.445 e. The van der Waals surface area contributed by atoms with Crippen molar-refractivity contribution in [1.82, 2.24) is 14.9 Å². The monoisotopic (exact) mass is 344 g/mol. The van der Waals surface area contributed by atoms with Gasteiger partial charge < -0.3 is 14.5 Å². The second-order valence-electron chi connectivity index (χ2n) is 5.83. The minimum atomic E-state index is -0.370. The molecule has 1 aromatic carbocycles. The average Bonchev–Trinajstić information content (AvgIpc) is 2.67. The summed E-state index contributed by atoms with van der Waals surface area (Å²) >= 11 is 0. The SMILES string of the molecule is CCc1ncnc(N2CCN(C(=O)OCc3ccccc3)CC2)c1F. The van der Waals surface area contributed by atoms with Crippen LogP contribution in [0.25, 0.3) is 0 Å². The number of hydrogen-bond acceptors (Lipinski definition) is 5. The molecule has 1 amide bonds. The second-order valence-corrected chi connectivity index (χ2v) is 5.83. The third-order valence-corrected chi connectivity index (χ3v) is 4.22. The zero-order chi connectivity index (χ0) is 17.6. The molecule has 0 atom stereocenters. The normalized spacial score (nSPS) is 14.5. The Morgan fingerprint density at radius 2 is 1.88 bits per heavy atom. The van der Waals surface area contributed by atoms with E-state index in [0.717, 1.165) is 5.56 Å². The summed E-state index contributed by atoms with van der Waals surface area (Å²) in [5.74, 6) is -0.0609. The molecule has 0 radical (unpaired) electrons. The fourth-order valence-corrected chi connectivity index (χ4v) is 2.77. The first-order valence-electron chi connectivity index (χ1n) is 8.39. The Morgan fingerprint density at radius 1 is 1.16 bits per heavy atom. The number of anilines is 1. The molecule has 0 aliphatic carbocycles. The van der Waals surface area contributed by atoms with E-state index >= 15 is 0 Å². The van der Waals surface area contributed by atoms with Gasteiger partial charge in [-0.05, 0) is 12.0 Å². The van der Waals surface area contributed by atoms with Gasteiger partial charge in [-0.15, -0.1) is 0 Å². The molecule has 1 aliphatic heterocycles. The first-order chi connectivity index (χ1) is 12.2. The van der Waals surface area contributed by atoms with Crippen LogP contribution in [0.4, 0.5) is 15.0 Å². The standard InChI is InChI=1S/C18H21FN4O2/c1-2-15-16(19)17(21-13-20-15)22-8-10-23(11-9-22)18(24)25-12-14-6-4-3-5-7-14/h3-7,13H,2,8-12H2,1H3. The lowest BCUT2D eigenvalue weighted by atomic mass is 10.2. The van der Waals surface area contributed by atoms with E-state index in [0.29, 0.717) is 44.1 Å². The number of hydrogen-bond donors (Lipinski definition) is 0. The number of carbonyl (C=O) groups excluding carboxylic acids is 1. The van der Waals surface area contributed by atoms with Crippen molar-refractivity contribution in [2.24, 2.45) is 0 Å². The Labute approximate surface area is 146 Å². The number of carbonyl (C=O) groups is 1. The molecule has 7 heteroatoms. The molecule has 25 heavy (non-hydrogen) atoms. The molecule has 3 rings (SSSR count). The van der Waals surface area contributed by atoms with Crippen molar-refractivity contribution < 1.29 is 13.9 Å². The fourth-order valence-electron chi connectivity index (χ4n) is 2.77. The van der Waals surface area contributed by atoms with Crippen molar-refractivity contribution in [3.05, 3.63) is 53.7 Å². The van der Waals surface area contributed by atoms with Crippen molar-refractivity contribution in [2.45, 2.75) is 20.0 Å².